The summed E-state index contributed by atoms with van der Waals surface area (Å²) in [7, 11) is 1.70. The molecular formula is C15H16N4O. The van der Waals surface area contributed by atoms with Gasteiger partial charge < -0.3 is 10.1 Å². The molecule has 0 bridgehead atoms. The number of rotatable bonds is 5. The van der Waals surface area contributed by atoms with E-state index in [0.717, 1.165) is 11.2 Å². The Hall–Kier alpha value is -2.40. The molecule has 3 aromatic rings. The molecule has 3 rings (SSSR count). The second kappa shape index (κ2) is 5.71. The molecule has 2 heterocycles. The number of methoxy groups -OCH3 is 1. The van der Waals surface area contributed by atoms with Crippen LogP contribution in [0.2, 0.25) is 0 Å². The molecule has 5 nitrogen and oxygen atoms in total. The van der Waals surface area contributed by atoms with Gasteiger partial charge in [-0.2, -0.15) is 4.98 Å². The summed E-state index contributed by atoms with van der Waals surface area (Å²) in [5.41, 5.74) is 3.18. The molecule has 2 aromatic heterocycles. The molecule has 0 atom stereocenters. The molecule has 0 spiro atoms. The summed E-state index contributed by atoms with van der Waals surface area (Å²) in [5.74, 6) is 0.633. The Morgan fingerprint density at radius 3 is 2.90 bits per heavy atom. The molecular weight excluding hydrogens is 252 g/mol. The molecule has 0 aliphatic rings. The lowest BCUT2D eigenvalue weighted by Crippen LogP contribution is -2.02. The van der Waals surface area contributed by atoms with Crippen LogP contribution in [0.1, 0.15) is 11.1 Å². The summed E-state index contributed by atoms with van der Waals surface area (Å²) >= 11 is 0. The summed E-state index contributed by atoms with van der Waals surface area (Å²) in [6.45, 7) is 1.31. The van der Waals surface area contributed by atoms with E-state index in [0.29, 0.717) is 19.1 Å². The lowest BCUT2D eigenvalue weighted by atomic mass is 10.1. The molecule has 0 aliphatic heterocycles. The summed E-state index contributed by atoms with van der Waals surface area (Å²) in [6, 6.07) is 14.1. The molecule has 0 fully saturated rings. The van der Waals surface area contributed by atoms with Gasteiger partial charge >= 0.3 is 0 Å². The van der Waals surface area contributed by atoms with E-state index in [2.05, 4.69) is 33.6 Å². The SMILES string of the molecule is COCc1cccc(CNc2nc3ccccn3n2)c1. The monoisotopic (exact) mass is 268 g/mol. The van der Waals surface area contributed by atoms with Crippen LogP contribution in [0, 0.1) is 0 Å². The van der Waals surface area contributed by atoms with E-state index >= 15 is 0 Å². The quantitative estimate of drug-likeness (QED) is 0.772. The van der Waals surface area contributed by atoms with Crippen molar-refractivity contribution >= 4 is 11.6 Å². The predicted octanol–water partition coefficient (Wildman–Crippen LogP) is 2.49. The zero-order valence-corrected chi connectivity index (χ0v) is 11.3. The second-order valence-electron chi connectivity index (χ2n) is 4.55. The van der Waals surface area contributed by atoms with Crippen molar-refractivity contribution in [2.24, 2.45) is 0 Å². The highest BCUT2D eigenvalue weighted by molar-refractivity contribution is 5.43. The van der Waals surface area contributed by atoms with Gasteiger partial charge in [-0.3, -0.25) is 0 Å². The zero-order chi connectivity index (χ0) is 13.8. The molecule has 102 valence electrons. The Kier molecular flexibility index (Phi) is 3.60. The number of hydrogen-bond acceptors (Lipinski definition) is 4. The van der Waals surface area contributed by atoms with Gasteiger partial charge in [-0.15, -0.1) is 5.10 Å². The average Bonchev–Trinajstić information content (AvgIpc) is 2.89. The van der Waals surface area contributed by atoms with E-state index in [9.17, 15) is 0 Å². The largest absolute Gasteiger partial charge is 0.380 e. The Morgan fingerprint density at radius 1 is 1.15 bits per heavy atom. The van der Waals surface area contributed by atoms with Crippen molar-refractivity contribution in [2.45, 2.75) is 13.2 Å². The fourth-order valence-electron chi connectivity index (χ4n) is 2.08. The molecule has 5 heteroatoms. The van der Waals surface area contributed by atoms with Gasteiger partial charge in [0.15, 0.2) is 5.65 Å². The molecule has 0 amide bonds. The first-order valence-corrected chi connectivity index (χ1v) is 6.47. The normalized spacial score (nSPS) is 10.8. The minimum atomic E-state index is 0.625. The lowest BCUT2D eigenvalue weighted by molar-refractivity contribution is 0.185. The number of ether oxygens (including phenoxy) is 1. The zero-order valence-electron chi connectivity index (χ0n) is 11.3. The van der Waals surface area contributed by atoms with Gasteiger partial charge in [0, 0.05) is 19.9 Å². The number of nitrogens with one attached hydrogen (secondary N) is 1. The van der Waals surface area contributed by atoms with Gasteiger partial charge in [0.2, 0.25) is 5.95 Å². The van der Waals surface area contributed by atoms with E-state index in [1.54, 1.807) is 11.6 Å². The highest BCUT2D eigenvalue weighted by atomic mass is 16.5. The van der Waals surface area contributed by atoms with Gasteiger partial charge in [0.05, 0.1) is 6.61 Å². The highest BCUT2D eigenvalue weighted by Crippen LogP contribution is 2.09. The Labute approximate surface area is 117 Å². The first kappa shape index (κ1) is 12.6. The van der Waals surface area contributed by atoms with E-state index in [-0.39, 0.29) is 0 Å². The maximum absolute atomic E-state index is 5.14. The average molecular weight is 268 g/mol. The minimum Gasteiger partial charge on any atom is -0.380 e. The topological polar surface area (TPSA) is 51.5 Å². The second-order valence-corrected chi connectivity index (χ2v) is 4.55. The van der Waals surface area contributed by atoms with Gasteiger partial charge in [0.1, 0.15) is 0 Å². The van der Waals surface area contributed by atoms with Gasteiger partial charge in [-0.05, 0) is 23.3 Å². The van der Waals surface area contributed by atoms with Crippen LogP contribution < -0.4 is 5.32 Å². The number of anilines is 1. The number of aromatic nitrogens is 3. The Bertz CT molecular complexity index is 675. The molecule has 0 saturated heterocycles. The molecule has 0 unspecified atom stereocenters. The summed E-state index contributed by atoms with van der Waals surface area (Å²) in [4.78, 5) is 4.40. The van der Waals surface area contributed by atoms with Crippen LogP contribution in [0.3, 0.4) is 0 Å². The van der Waals surface area contributed by atoms with Crippen LogP contribution in [0.5, 0.6) is 0 Å². The molecule has 20 heavy (non-hydrogen) atoms. The maximum atomic E-state index is 5.14. The van der Waals surface area contributed by atoms with Crippen molar-refractivity contribution in [3.63, 3.8) is 0 Å². The smallest absolute Gasteiger partial charge is 0.243 e. The summed E-state index contributed by atoms with van der Waals surface area (Å²) in [5, 5.41) is 7.59. The fraction of sp³-hybridized carbons (Fsp3) is 0.200. The van der Waals surface area contributed by atoms with E-state index < -0.39 is 0 Å². The number of benzene rings is 1. The van der Waals surface area contributed by atoms with E-state index in [4.69, 9.17) is 4.74 Å². The van der Waals surface area contributed by atoms with Crippen LogP contribution >= 0.6 is 0 Å². The van der Waals surface area contributed by atoms with Gasteiger partial charge in [0.25, 0.3) is 0 Å². The molecule has 0 aliphatic carbocycles. The van der Waals surface area contributed by atoms with Crippen LogP contribution in [0.15, 0.2) is 48.7 Å². The number of fused-ring (bicyclic) bond motifs is 1. The van der Waals surface area contributed by atoms with Gasteiger partial charge in [-0.1, -0.05) is 30.3 Å². The van der Waals surface area contributed by atoms with Crippen LogP contribution in [0.25, 0.3) is 5.65 Å². The third-order valence-electron chi connectivity index (χ3n) is 2.99. The molecule has 0 saturated carbocycles. The first-order chi connectivity index (χ1) is 9.85. The van der Waals surface area contributed by atoms with Crippen molar-refractivity contribution in [1.82, 2.24) is 14.6 Å². The van der Waals surface area contributed by atoms with Crippen LogP contribution in [-0.2, 0) is 17.9 Å². The van der Waals surface area contributed by atoms with E-state index in [1.165, 1.54) is 5.56 Å². The Balaban J connectivity index is 1.71. The van der Waals surface area contributed by atoms with Crippen molar-refractivity contribution in [3.05, 3.63) is 59.8 Å². The van der Waals surface area contributed by atoms with Crippen LogP contribution in [0.4, 0.5) is 5.95 Å². The number of hydrogen-bond donors (Lipinski definition) is 1. The van der Waals surface area contributed by atoms with Crippen LogP contribution in [-0.4, -0.2) is 21.7 Å². The lowest BCUT2D eigenvalue weighted by Gasteiger charge is -2.05. The van der Waals surface area contributed by atoms with E-state index in [1.807, 2.05) is 30.5 Å². The fourth-order valence-corrected chi connectivity index (χ4v) is 2.08. The minimum absolute atomic E-state index is 0.625. The molecule has 1 N–H and O–H groups in total. The van der Waals surface area contributed by atoms with Crippen molar-refractivity contribution in [3.8, 4) is 0 Å². The Morgan fingerprint density at radius 2 is 2.05 bits per heavy atom. The maximum Gasteiger partial charge on any atom is 0.243 e. The van der Waals surface area contributed by atoms with Crippen molar-refractivity contribution in [2.75, 3.05) is 12.4 Å². The predicted molar refractivity (Wildman–Crippen MR) is 77.5 cm³/mol. The standard InChI is InChI=1S/C15H16N4O/c1-20-11-13-6-4-5-12(9-13)10-16-15-17-14-7-2-3-8-19(14)18-15/h2-9H,10-11H2,1H3,(H,16,18). The molecule has 1 aromatic carbocycles. The number of pyridine rings is 1. The highest BCUT2D eigenvalue weighted by Gasteiger charge is 2.02. The van der Waals surface area contributed by atoms with Crippen molar-refractivity contribution in [1.29, 1.82) is 0 Å². The number of nitrogens with zero attached hydrogens (tertiary/aromatic N) is 3. The van der Waals surface area contributed by atoms with Crippen molar-refractivity contribution < 1.29 is 4.74 Å². The first-order valence-electron chi connectivity index (χ1n) is 6.47. The third-order valence-corrected chi connectivity index (χ3v) is 2.99. The van der Waals surface area contributed by atoms with Gasteiger partial charge in [-0.25, -0.2) is 4.52 Å². The third kappa shape index (κ3) is 2.78. The summed E-state index contributed by atoms with van der Waals surface area (Å²) < 4.78 is 6.89. The molecule has 0 radical (unpaired) electrons. The summed E-state index contributed by atoms with van der Waals surface area (Å²) in [6.07, 6.45) is 1.88.